The topological polar surface area (TPSA) is 41.3 Å². The van der Waals surface area contributed by atoms with E-state index in [0.717, 1.165) is 24.0 Å². The number of rotatable bonds is 5. The lowest BCUT2D eigenvalue weighted by molar-refractivity contribution is 0.207. The number of hydrogen-bond acceptors (Lipinski definition) is 4. The summed E-state index contributed by atoms with van der Waals surface area (Å²) in [5.41, 5.74) is 2.35. The van der Waals surface area contributed by atoms with E-state index in [9.17, 15) is 0 Å². The molecule has 0 radical (unpaired) electrons. The highest BCUT2D eigenvalue weighted by Crippen LogP contribution is 2.30. The maximum absolute atomic E-state index is 5.29. The SMILES string of the molecule is Cc1noc(C)c1CN(CC1CCCCN1)C1CC1. The van der Waals surface area contributed by atoms with Gasteiger partial charge in [0.2, 0.25) is 0 Å². The van der Waals surface area contributed by atoms with E-state index in [1.165, 1.54) is 50.8 Å². The Morgan fingerprint density at radius 3 is 2.68 bits per heavy atom. The fourth-order valence-electron chi connectivity index (χ4n) is 3.08. The van der Waals surface area contributed by atoms with Crippen LogP contribution in [0.25, 0.3) is 0 Å². The summed E-state index contributed by atoms with van der Waals surface area (Å²) in [6, 6.07) is 1.47. The summed E-state index contributed by atoms with van der Waals surface area (Å²) in [6.07, 6.45) is 6.75. The zero-order valence-electron chi connectivity index (χ0n) is 12.1. The Balaban J connectivity index is 1.64. The molecule has 1 saturated heterocycles. The number of nitrogens with zero attached hydrogens (tertiary/aromatic N) is 2. The second-order valence-corrected chi connectivity index (χ2v) is 6.11. The third kappa shape index (κ3) is 3.18. The third-order valence-corrected chi connectivity index (χ3v) is 4.47. The molecule has 0 aromatic carbocycles. The highest BCUT2D eigenvalue weighted by atomic mass is 16.5. The molecule has 1 aliphatic carbocycles. The van der Waals surface area contributed by atoms with Gasteiger partial charge in [0, 0.05) is 30.7 Å². The Bertz CT molecular complexity index is 400. The molecule has 1 atom stereocenters. The normalized spacial score (nSPS) is 24.1. The van der Waals surface area contributed by atoms with Crippen LogP contribution in [0.15, 0.2) is 4.52 Å². The standard InChI is InChI=1S/C15H25N3O/c1-11-15(12(2)19-17-11)10-18(14-6-7-14)9-13-5-3-4-8-16-13/h13-14,16H,3-10H2,1-2H3. The molecule has 0 bridgehead atoms. The number of aryl methyl sites for hydroxylation is 2. The minimum Gasteiger partial charge on any atom is -0.361 e. The van der Waals surface area contributed by atoms with Crippen LogP contribution in [0.2, 0.25) is 0 Å². The number of piperidine rings is 1. The van der Waals surface area contributed by atoms with Crippen molar-refractivity contribution in [2.45, 2.75) is 64.6 Å². The van der Waals surface area contributed by atoms with Gasteiger partial charge in [0.1, 0.15) is 5.76 Å². The summed E-state index contributed by atoms with van der Waals surface area (Å²) < 4.78 is 5.29. The number of aromatic nitrogens is 1. The number of nitrogens with one attached hydrogen (secondary N) is 1. The van der Waals surface area contributed by atoms with Crippen molar-refractivity contribution in [2.24, 2.45) is 0 Å². The van der Waals surface area contributed by atoms with Crippen molar-refractivity contribution in [3.63, 3.8) is 0 Å². The molecule has 1 aromatic heterocycles. The summed E-state index contributed by atoms with van der Waals surface area (Å²) in [6.45, 7) is 7.45. The van der Waals surface area contributed by atoms with Crippen LogP contribution in [0.1, 0.15) is 49.1 Å². The zero-order valence-corrected chi connectivity index (χ0v) is 12.1. The van der Waals surface area contributed by atoms with Crippen molar-refractivity contribution in [1.29, 1.82) is 0 Å². The van der Waals surface area contributed by atoms with Crippen molar-refractivity contribution in [1.82, 2.24) is 15.4 Å². The Morgan fingerprint density at radius 1 is 1.26 bits per heavy atom. The minimum atomic E-state index is 0.676. The van der Waals surface area contributed by atoms with Gasteiger partial charge in [-0.05, 0) is 46.1 Å². The molecule has 2 heterocycles. The average molecular weight is 263 g/mol. The van der Waals surface area contributed by atoms with E-state index in [1.807, 2.05) is 6.92 Å². The van der Waals surface area contributed by atoms with Crippen LogP contribution >= 0.6 is 0 Å². The van der Waals surface area contributed by atoms with Gasteiger partial charge < -0.3 is 9.84 Å². The van der Waals surface area contributed by atoms with Gasteiger partial charge in [0.25, 0.3) is 0 Å². The van der Waals surface area contributed by atoms with E-state index in [1.54, 1.807) is 0 Å². The number of hydrogen-bond donors (Lipinski definition) is 1. The predicted molar refractivity (Wildman–Crippen MR) is 75.1 cm³/mol. The lowest BCUT2D eigenvalue weighted by atomic mass is 10.0. The predicted octanol–water partition coefficient (Wildman–Crippen LogP) is 2.40. The molecule has 19 heavy (non-hydrogen) atoms. The molecule has 1 aromatic rings. The van der Waals surface area contributed by atoms with Crippen LogP contribution in [0.5, 0.6) is 0 Å². The molecule has 2 fully saturated rings. The van der Waals surface area contributed by atoms with E-state index < -0.39 is 0 Å². The van der Waals surface area contributed by atoms with Crippen molar-refractivity contribution in [2.75, 3.05) is 13.1 Å². The lowest BCUT2D eigenvalue weighted by Crippen LogP contribution is -2.44. The zero-order chi connectivity index (χ0) is 13.2. The minimum absolute atomic E-state index is 0.676. The molecule has 0 amide bonds. The highest BCUT2D eigenvalue weighted by Gasteiger charge is 2.32. The Kier molecular flexibility index (Phi) is 3.89. The Hall–Kier alpha value is -0.870. The van der Waals surface area contributed by atoms with Gasteiger partial charge in [-0.2, -0.15) is 0 Å². The van der Waals surface area contributed by atoms with E-state index in [4.69, 9.17) is 4.52 Å². The molecular weight excluding hydrogens is 238 g/mol. The average Bonchev–Trinajstić information content (AvgIpc) is 3.21. The first-order valence-electron chi connectivity index (χ1n) is 7.63. The summed E-state index contributed by atoms with van der Waals surface area (Å²) >= 11 is 0. The molecule has 1 unspecified atom stereocenters. The molecule has 106 valence electrons. The molecule has 0 spiro atoms. The molecule has 1 aliphatic heterocycles. The summed E-state index contributed by atoms with van der Waals surface area (Å²) in [7, 11) is 0. The first-order chi connectivity index (χ1) is 9.24. The van der Waals surface area contributed by atoms with E-state index in [2.05, 4.69) is 22.3 Å². The molecular formula is C15H25N3O. The smallest absolute Gasteiger partial charge is 0.138 e. The van der Waals surface area contributed by atoms with Crippen LogP contribution in [0, 0.1) is 13.8 Å². The van der Waals surface area contributed by atoms with Crippen LogP contribution in [-0.2, 0) is 6.54 Å². The van der Waals surface area contributed by atoms with Gasteiger partial charge in [-0.25, -0.2) is 0 Å². The highest BCUT2D eigenvalue weighted by molar-refractivity contribution is 5.21. The van der Waals surface area contributed by atoms with Crippen molar-refractivity contribution < 1.29 is 4.52 Å². The van der Waals surface area contributed by atoms with Gasteiger partial charge >= 0.3 is 0 Å². The summed E-state index contributed by atoms with van der Waals surface area (Å²) in [5, 5.41) is 7.74. The molecule has 4 heteroatoms. The van der Waals surface area contributed by atoms with Crippen LogP contribution in [0.3, 0.4) is 0 Å². The lowest BCUT2D eigenvalue weighted by Gasteiger charge is -2.30. The van der Waals surface area contributed by atoms with Crippen molar-refractivity contribution >= 4 is 0 Å². The molecule has 2 aliphatic rings. The Labute approximate surface area is 115 Å². The first-order valence-corrected chi connectivity index (χ1v) is 7.63. The summed E-state index contributed by atoms with van der Waals surface area (Å²) in [4.78, 5) is 2.63. The molecule has 3 rings (SSSR count). The maximum Gasteiger partial charge on any atom is 0.138 e. The van der Waals surface area contributed by atoms with E-state index in [0.29, 0.717) is 6.04 Å². The maximum atomic E-state index is 5.29. The second-order valence-electron chi connectivity index (χ2n) is 6.11. The van der Waals surface area contributed by atoms with Gasteiger partial charge in [0.15, 0.2) is 0 Å². The fourth-order valence-corrected chi connectivity index (χ4v) is 3.08. The summed E-state index contributed by atoms with van der Waals surface area (Å²) in [5.74, 6) is 0.986. The van der Waals surface area contributed by atoms with Gasteiger partial charge in [0.05, 0.1) is 5.69 Å². The van der Waals surface area contributed by atoms with Crippen LogP contribution in [-0.4, -0.2) is 35.2 Å². The van der Waals surface area contributed by atoms with Crippen LogP contribution in [0.4, 0.5) is 0 Å². The Morgan fingerprint density at radius 2 is 2.11 bits per heavy atom. The largest absolute Gasteiger partial charge is 0.361 e. The van der Waals surface area contributed by atoms with E-state index >= 15 is 0 Å². The van der Waals surface area contributed by atoms with Gasteiger partial charge in [-0.1, -0.05) is 11.6 Å². The van der Waals surface area contributed by atoms with E-state index in [-0.39, 0.29) is 0 Å². The van der Waals surface area contributed by atoms with Crippen LogP contribution < -0.4 is 5.32 Å². The quantitative estimate of drug-likeness (QED) is 0.885. The third-order valence-electron chi connectivity index (χ3n) is 4.47. The van der Waals surface area contributed by atoms with Crippen molar-refractivity contribution in [3.05, 3.63) is 17.0 Å². The van der Waals surface area contributed by atoms with Crippen molar-refractivity contribution in [3.8, 4) is 0 Å². The second kappa shape index (κ2) is 5.63. The fraction of sp³-hybridized carbons (Fsp3) is 0.800. The monoisotopic (exact) mass is 263 g/mol. The molecule has 1 saturated carbocycles. The van der Waals surface area contributed by atoms with Gasteiger partial charge in [-0.3, -0.25) is 4.90 Å². The van der Waals surface area contributed by atoms with Gasteiger partial charge in [-0.15, -0.1) is 0 Å². The molecule has 1 N–H and O–H groups in total. The molecule has 4 nitrogen and oxygen atoms in total. The first kappa shape index (κ1) is 13.1.